The Morgan fingerprint density at radius 1 is 1.13 bits per heavy atom. The van der Waals surface area contributed by atoms with Crippen LogP contribution in [0.15, 0.2) is 4.99 Å². The van der Waals surface area contributed by atoms with Crippen LogP contribution in [0, 0.1) is 11.8 Å². The van der Waals surface area contributed by atoms with Crippen molar-refractivity contribution in [3.8, 4) is 0 Å². The average molecular weight is 322 g/mol. The molecule has 0 bridgehead atoms. The second kappa shape index (κ2) is 8.88. The fraction of sp³-hybridized carbons (Fsp3) is 0.944. The Balaban J connectivity index is 1.28. The van der Waals surface area contributed by atoms with E-state index in [9.17, 15) is 0 Å². The highest BCUT2D eigenvalue weighted by Crippen LogP contribution is 2.33. The maximum Gasteiger partial charge on any atom is 0.191 e. The SMILES string of the molecule is CN=C(NCCCC1CC1)NC1CCN(CC2CCOC2)CC1. The molecule has 0 aromatic carbocycles. The van der Waals surface area contributed by atoms with Crippen molar-refractivity contribution in [1.29, 1.82) is 0 Å². The van der Waals surface area contributed by atoms with Crippen molar-refractivity contribution in [2.45, 2.75) is 51.0 Å². The van der Waals surface area contributed by atoms with E-state index in [1.165, 1.54) is 64.6 Å². The first kappa shape index (κ1) is 17.0. The van der Waals surface area contributed by atoms with E-state index in [1.54, 1.807) is 0 Å². The molecule has 3 aliphatic rings. The summed E-state index contributed by atoms with van der Waals surface area (Å²) in [5.74, 6) is 2.78. The molecule has 23 heavy (non-hydrogen) atoms. The molecular weight excluding hydrogens is 288 g/mol. The average Bonchev–Trinajstić information content (AvgIpc) is 3.26. The van der Waals surface area contributed by atoms with Gasteiger partial charge in [0.05, 0.1) is 6.61 Å². The number of likely N-dealkylation sites (tertiary alicyclic amines) is 1. The quantitative estimate of drug-likeness (QED) is 0.427. The molecule has 2 saturated heterocycles. The molecule has 1 atom stereocenters. The summed E-state index contributed by atoms with van der Waals surface area (Å²) < 4.78 is 5.49. The van der Waals surface area contributed by atoms with Crippen molar-refractivity contribution in [1.82, 2.24) is 15.5 Å². The first-order valence-electron chi connectivity index (χ1n) is 9.61. The smallest absolute Gasteiger partial charge is 0.191 e. The molecule has 1 saturated carbocycles. The maximum absolute atomic E-state index is 5.49. The van der Waals surface area contributed by atoms with E-state index in [0.717, 1.165) is 37.6 Å². The van der Waals surface area contributed by atoms with Gasteiger partial charge in [-0.15, -0.1) is 0 Å². The molecule has 2 N–H and O–H groups in total. The van der Waals surface area contributed by atoms with Gasteiger partial charge in [0.1, 0.15) is 0 Å². The predicted molar refractivity (Wildman–Crippen MR) is 94.8 cm³/mol. The number of piperidine rings is 1. The van der Waals surface area contributed by atoms with Gasteiger partial charge in [0.15, 0.2) is 5.96 Å². The minimum Gasteiger partial charge on any atom is -0.381 e. The van der Waals surface area contributed by atoms with E-state index < -0.39 is 0 Å². The number of aliphatic imine (C=N–C) groups is 1. The van der Waals surface area contributed by atoms with E-state index in [-0.39, 0.29) is 0 Å². The summed E-state index contributed by atoms with van der Waals surface area (Å²) in [7, 11) is 1.88. The van der Waals surface area contributed by atoms with Crippen LogP contribution < -0.4 is 10.6 Å². The summed E-state index contributed by atoms with van der Waals surface area (Å²) in [6.45, 7) is 6.61. The second-order valence-electron chi connectivity index (χ2n) is 7.53. The molecule has 0 aromatic heterocycles. The number of hydrogen-bond donors (Lipinski definition) is 2. The van der Waals surface area contributed by atoms with Crippen LogP contribution in [0.1, 0.15) is 44.9 Å². The minimum absolute atomic E-state index is 0.570. The van der Waals surface area contributed by atoms with Gasteiger partial charge < -0.3 is 20.3 Å². The van der Waals surface area contributed by atoms with E-state index in [4.69, 9.17) is 4.74 Å². The van der Waals surface area contributed by atoms with E-state index in [2.05, 4.69) is 20.5 Å². The van der Waals surface area contributed by atoms with E-state index in [0.29, 0.717) is 6.04 Å². The van der Waals surface area contributed by atoms with Crippen LogP contribution in [-0.2, 0) is 4.74 Å². The van der Waals surface area contributed by atoms with Crippen molar-refractivity contribution in [3.63, 3.8) is 0 Å². The molecule has 1 unspecified atom stereocenters. The van der Waals surface area contributed by atoms with Gasteiger partial charge in [0.2, 0.25) is 0 Å². The third kappa shape index (κ3) is 5.96. The van der Waals surface area contributed by atoms with Gasteiger partial charge in [-0.2, -0.15) is 0 Å². The molecule has 3 rings (SSSR count). The van der Waals surface area contributed by atoms with Crippen LogP contribution in [0.4, 0.5) is 0 Å². The van der Waals surface area contributed by atoms with Crippen molar-refractivity contribution in [3.05, 3.63) is 0 Å². The fourth-order valence-electron chi connectivity index (χ4n) is 3.74. The van der Waals surface area contributed by atoms with Crippen LogP contribution >= 0.6 is 0 Å². The van der Waals surface area contributed by atoms with Gasteiger partial charge in [0, 0.05) is 45.9 Å². The fourth-order valence-corrected chi connectivity index (χ4v) is 3.74. The third-order valence-electron chi connectivity index (χ3n) is 5.47. The number of guanidine groups is 1. The molecular formula is C18H34N4O. The van der Waals surface area contributed by atoms with Gasteiger partial charge in [-0.1, -0.05) is 12.8 Å². The van der Waals surface area contributed by atoms with Crippen molar-refractivity contribution in [2.24, 2.45) is 16.8 Å². The van der Waals surface area contributed by atoms with Crippen LogP contribution in [-0.4, -0.2) is 63.3 Å². The zero-order valence-corrected chi connectivity index (χ0v) is 14.7. The lowest BCUT2D eigenvalue weighted by Gasteiger charge is -2.34. The molecule has 0 spiro atoms. The van der Waals surface area contributed by atoms with E-state index in [1.807, 2.05) is 7.05 Å². The first-order valence-corrected chi connectivity index (χ1v) is 9.61. The van der Waals surface area contributed by atoms with Crippen LogP contribution in [0.5, 0.6) is 0 Å². The number of hydrogen-bond acceptors (Lipinski definition) is 3. The Morgan fingerprint density at radius 3 is 2.61 bits per heavy atom. The van der Waals surface area contributed by atoms with Gasteiger partial charge in [-0.25, -0.2) is 0 Å². The maximum atomic E-state index is 5.49. The monoisotopic (exact) mass is 322 g/mol. The Bertz CT molecular complexity index is 369. The molecule has 5 nitrogen and oxygen atoms in total. The molecule has 1 aliphatic carbocycles. The molecule has 5 heteroatoms. The Labute approximate surface area is 141 Å². The molecule has 2 heterocycles. The van der Waals surface area contributed by atoms with Gasteiger partial charge in [-0.05, 0) is 43.9 Å². The van der Waals surface area contributed by atoms with Crippen LogP contribution in [0.2, 0.25) is 0 Å². The molecule has 2 aliphatic heterocycles. The lowest BCUT2D eigenvalue weighted by atomic mass is 10.0. The van der Waals surface area contributed by atoms with Crippen molar-refractivity contribution < 1.29 is 4.74 Å². The number of nitrogens with zero attached hydrogens (tertiary/aromatic N) is 2. The molecule has 0 amide bonds. The summed E-state index contributed by atoms with van der Waals surface area (Å²) in [6.07, 6.45) is 9.25. The Kier molecular flexibility index (Phi) is 6.57. The zero-order chi connectivity index (χ0) is 15.9. The first-order chi connectivity index (χ1) is 11.3. The topological polar surface area (TPSA) is 48.9 Å². The highest BCUT2D eigenvalue weighted by Gasteiger charge is 2.24. The Hall–Kier alpha value is -0.810. The van der Waals surface area contributed by atoms with Gasteiger partial charge in [0.25, 0.3) is 0 Å². The summed E-state index contributed by atoms with van der Waals surface area (Å²) in [6, 6.07) is 0.570. The second-order valence-corrected chi connectivity index (χ2v) is 7.53. The predicted octanol–water partition coefficient (Wildman–Crippen LogP) is 1.84. The molecule has 0 aromatic rings. The van der Waals surface area contributed by atoms with Gasteiger partial charge >= 0.3 is 0 Å². The summed E-state index contributed by atoms with van der Waals surface area (Å²) in [5, 5.41) is 7.09. The summed E-state index contributed by atoms with van der Waals surface area (Å²) in [4.78, 5) is 7.00. The molecule has 3 fully saturated rings. The largest absolute Gasteiger partial charge is 0.381 e. The standard InChI is InChI=1S/C18H34N4O/c1-19-18(20-9-2-3-15-4-5-15)21-17-6-10-22(11-7-17)13-16-8-12-23-14-16/h15-17H,2-14H2,1H3,(H2,19,20,21). The van der Waals surface area contributed by atoms with Crippen molar-refractivity contribution in [2.75, 3.05) is 46.4 Å². The number of rotatable bonds is 7. The lowest BCUT2D eigenvalue weighted by Crippen LogP contribution is -2.49. The van der Waals surface area contributed by atoms with Crippen LogP contribution in [0.3, 0.4) is 0 Å². The summed E-state index contributed by atoms with van der Waals surface area (Å²) in [5.41, 5.74) is 0. The third-order valence-corrected chi connectivity index (χ3v) is 5.47. The minimum atomic E-state index is 0.570. The number of nitrogens with one attached hydrogen (secondary N) is 2. The zero-order valence-electron chi connectivity index (χ0n) is 14.7. The Morgan fingerprint density at radius 2 is 1.96 bits per heavy atom. The lowest BCUT2D eigenvalue weighted by molar-refractivity contribution is 0.150. The normalized spacial score (nSPS) is 27.3. The highest BCUT2D eigenvalue weighted by atomic mass is 16.5. The van der Waals surface area contributed by atoms with Crippen molar-refractivity contribution >= 4 is 5.96 Å². The summed E-state index contributed by atoms with van der Waals surface area (Å²) >= 11 is 0. The van der Waals surface area contributed by atoms with Gasteiger partial charge in [-0.3, -0.25) is 4.99 Å². The molecule has 132 valence electrons. The number of ether oxygens (including phenoxy) is 1. The van der Waals surface area contributed by atoms with E-state index >= 15 is 0 Å². The van der Waals surface area contributed by atoms with Crippen LogP contribution in [0.25, 0.3) is 0 Å². The highest BCUT2D eigenvalue weighted by molar-refractivity contribution is 5.79. The molecule has 0 radical (unpaired) electrons.